The fraction of sp³-hybridized carbons (Fsp3) is 0.462. The first kappa shape index (κ1) is 13.6. The second-order valence-corrected chi connectivity index (χ2v) is 4.71. The number of urea groups is 1. The van der Waals surface area contributed by atoms with Crippen molar-refractivity contribution in [3.05, 3.63) is 24.3 Å². The quantitative estimate of drug-likeness (QED) is 0.703. The van der Waals surface area contributed by atoms with E-state index in [-0.39, 0.29) is 12.1 Å². The first-order valence-electron chi connectivity index (χ1n) is 6.34. The van der Waals surface area contributed by atoms with E-state index in [9.17, 15) is 4.79 Å². The average molecular weight is 264 g/mol. The highest BCUT2D eigenvalue weighted by Crippen LogP contribution is 2.10. The summed E-state index contributed by atoms with van der Waals surface area (Å²) in [5.74, 6) is 0. The molecular weight excluding hydrogens is 244 g/mol. The molecule has 1 aromatic rings. The number of ether oxygens (including phenoxy) is 1. The zero-order valence-electron chi connectivity index (χ0n) is 11.1. The third kappa shape index (κ3) is 4.42. The molecular formula is C13H20N4O2. The third-order valence-electron chi connectivity index (χ3n) is 3.00. The van der Waals surface area contributed by atoms with E-state index in [4.69, 9.17) is 10.5 Å². The predicted molar refractivity (Wildman–Crippen MR) is 75.1 cm³/mol. The predicted octanol–water partition coefficient (Wildman–Crippen LogP) is 0.721. The van der Waals surface area contributed by atoms with Crippen LogP contribution in [0, 0.1) is 0 Å². The zero-order chi connectivity index (χ0) is 13.7. The van der Waals surface area contributed by atoms with Gasteiger partial charge in [0.05, 0.1) is 12.7 Å². The van der Waals surface area contributed by atoms with Crippen LogP contribution in [0.15, 0.2) is 24.3 Å². The SMILES string of the molecule is CN1CCOC(CNC(=O)Nc2ccc(N)cc2)C1. The molecule has 1 heterocycles. The van der Waals surface area contributed by atoms with Gasteiger partial charge in [-0.2, -0.15) is 0 Å². The Kier molecular flexibility index (Phi) is 4.59. The molecule has 1 aliphatic rings. The van der Waals surface area contributed by atoms with E-state index in [0.29, 0.717) is 24.5 Å². The maximum Gasteiger partial charge on any atom is 0.319 e. The van der Waals surface area contributed by atoms with Crippen LogP contribution < -0.4 is 16.4 Å². The largest absolute Gasteiger partial charge is 0.399 e. The van der Waals surface area contributed by atoms with Crippen LogP contribution in [0.2, 0.25) is 0 Å². The van der Waals surface area contributed by atoms with Gasteiger partial charge in [0.25, 0.3) is 0 Å². The van der Waals surface area contributed by atoms with E-state index in [0.717, 1.165) is 13.1 Å². The van der Waals surface area contributed by atoms with Crippen molar-refractivity contribution in [3.63, 3.8) is 0 Å². The summed E-state index contributed by atoms with van der Waals surface area (Å²) in [5.41, 5.74) is 6.96. The summed E-state index contributed by atoms with van der Waals surface area (Å²) >= 11 is 0. The van der Waals surface area contributed by atoms with Gasteiger partial charge in [0.15, 0.2) is 0 Å². The lowest BCUT2D eigenvalue weighted by molar-refractivity contribution is -0.0166. The van der Waals surface area contributed by atoms with Crippen molar-refractivity contribution in [2.24, 2.45) is 0 Å². The van der Waals surface area contributed by atoms with Gasteiger partial charge in [-0.1, -0.05) is 0 Å². The first-order chi connectivity index (χ1) is 9.13. The molecule has 0 bridgehead atoms. The van der Waals surface area contributed by atoms with Gasteiger partial charge in [0.1, 0.15) is 0 Å². The number of nitrogens with zero attached hydrogens (tertiary/aromatic N) is 1. The van der Waals surface area contributed by atoms with Crippen molar-refractivity contribution in [1.82, 2.24) is 10.2 Å². The molecule has 4 N–H and O–H groups in total. The number of likely N-dealkylation sites (N-methyl/N-ethyl adjacent to an activating group) is 1. The number of carbonyl (C=O) groups is 1. The highest BCUT2D eigenvalue weighted by atomic mass is 16.5. The van der Waals surface area contributed by atoms with Gasteiger partial charge >= 0.3 is 6.03 Å². The number of nitrogen functional groups attached to an aromatic ring is 1. The maximum absolute atomic E-state index is 11.7. The van der Waals surface area contributed by atoms with Crippen LogP contribution >= 0.6 is 0 Å². The van der Waals surface area contributed by atoms with Gasteiger partial charge in [-0.3, -0.25) is 0 Å². The van der Waals surface area contributed by atoms with E-state index in [2.05, 4.69) is 15.5 Å². The van der Waals surface area contributed by atoms with Crippen LogP contribution in [0.25, 0.3) is 0 Å². The smallest absolute Gasteiger partial charge is 0.319 e. The number of hydrogen-bond acceptors (Lipinski definition) is 4. The van der Waals surface area contributed by atoms with Crippen LogP contribution in [-0.4, -0.2) is 50.3 Å². The van der Waals surface area contributed by atoms with Crippen LogP contribution in [0.5, 0.6) is 0 Å². The third-order valence-corrected chi connectivity index (χ3v) is 3.00. The maximum atomic E-state index is 11.7. The summed E-state index contributed by atoms with van der Waals surface area (Å²) in [6.07, 6.45) is 0.0518. The number of rotatable bonds is 3. The summed E-state index contributed by atoms with van der Waals surface area (Å²) in [6.45, 7) is 2.99. The minimum absolute atomic E-state index is 0.0518. The normalized spacial score (nSPS) is 19.9. The van der Waals surface area contributed by atoms with E-state index >= 15 is 0 Å². The van der Waals surface area contributed by atoms with Gasteiger partial charge in [-0.05, 0) is 31.3 Å². The molecule has 0 aromatic heterocycles. The Morgan fingerprint density at radius 2 is 2.21 bits per heavy atom. The van der Waals surface area contributed by atoms with Gasteiger partial charge < -0.3 is 26.0 Å². The summed E-state index contributed by atoms with van der Waals surface area (Å²) < 4.78 is 5.56. The Morgan fingerprint density at radius 1 is 1.47 bits per heavy atom. The fourth-order valence-electron chi connectivity index (χ4n) is 1.94. The lowest BCUT2D eigenvalue weighted by atomic mass is 10.3. The van der Waals surface area contributed by atoms with E-state index < -0.39 is 0 Å². The molecule has 0 radical (unpaired) electrons. The summed E-state index contributed by atoms with van der Waals surface area (Å²) in [7, 11) is 2.05. The van der Waals surface area contributed by atoms with Crippen molar-refractivity contribution in [2.75, 3.05) is 44.3 Å². The molecule has 2 rings (SSSR count). The van der Waals surface area contributed by atoms with Crippen molar-refractivity contribution in [1.29, 1.82) is 0 Å². The van der Waals surface area contributed by atoms with Crippen molar-refractivity contribution >= 4 is 17.4 Å². The van der Waals surface area contributed by atoms with Gasteiger partial charge in [0, 0.05) is 31.0 Å². The highest BCUT2D eigenvalue weighted by molar-refractivity contribution is 5.89. The lowest BCUT2D eigenvalue weighted by Crippen LogP contribution is -2.46. The van der Waals surface area contributed by atoms with Crippen LogP contribution in [0.3, 0.4) is 0 Å². The number of hydrogen-bond donors (Lipinski definition) is 3. The molecule has 1 aromatic carbocycles. The number of morpholine rings is 1. The Labute approximate surface area is 112 Å². The standard InChI is InChI=1S/C13H20N4O2/c1-17-6-7-19-12(9-17)8-15-13(18)16-11-4-2-10(14)3-5-11/h2-5,12H,6-9,14H2,1H3,(H2,15,16,18). The van der Waals surface area contributed by atoms with Crippen molar-refractivity contribution < 1.29 is 9.53 Å². The molecule has 6 nitrogen and oxygen atoms in total. The summed E-state index contributed by atoms with van der Waals surface area (Å²) in [4.78, 5) is 13.9. The van der Waals surface area contributed by atoms with Crippen LogP contribution in [-0.2, 0) is 4.74 Å². The number of amides is 2. The Morgan fingerprint density at radius 3 is 2.89 bits per heavy atom. The summed E-state index contributed by atoms with van der Waals surface area (Å²) in [5, 5.41) is 5.55. The molecule has 1 saturated heterocycles. The topological polar surface area (TPSA) is 79.6 Å². The fourth-order valence-corrected chi connectivity index (χ4v) is 1.94. The molecule has 19 heavy (non-hydrogen) atoms. The molecule has 1 unspecified atom stereocenters. The van der Waals surface area contributed by atoms with E-state index in [1.165, 1.54) is 0 Å². The van der Waals surface area contributed by atoms with Crippen LogP contribution in [0.4, 0.5) is 16.2 Å². The number of carbonyl (C=O) groups excluding carboxylic acids is 1. The first-order valence-corrected chi connectivity index (χ1v) is 6.34. The number of benzene rings is 1. The minimum Gasteiger partial charge on any atom is -0.399 e. The second-order valence-electron chi connectivity index (χ2n) is 4.71. The zero-order valence-corrected chi connectivity index (χ0v) is 11.1. The second kappa shape index (κ2) is 6.40. The number of nitrogens with one attached hydrogen (secondary N) is 2. The molecule has 1 fully saturated rings. The highest BCUT2D eigenvalue weighted by Gasteiger charge is 2.18. The molecule has 0 saturated carbocycles. The minimum atomic E-state index is -0.235. The van der Waals surface area contributed by atoms with E-state index in [1.54, 1.807) is 24.3 Å². The Hall–Kier alpha value is -1.79. The molecule has 0 spiro atoms. The molecule has 104 valence electrons. The molecule has 6 heteroatoms. The van der Waals surface area contributed by atoms with Gasteiger partial charge in [0.2, 0.25) is 0 Å². The van der Waals surface area contributed by atoms with Gasteiger partial charge in [-0.25, -0.2) is 4.79 Å². The monoisotopic (exact) mass is 264 g/mol. The van der Waals surface area contributed by atoms with Crippen LogP contribution in [0.1, 0.15) is 0 Å². The molecule has 2 amide bonds. The number of anilines is 2. The average Bonchev–Trinajstić information content (AvgIpc) is 2.39. The molecule has 0 aliphatic carbocycles. The Bertz CT molecular complexity index is 421. The van der Waals surface area contributed by atoms with E-state index in [1.807, 2.05) is 7.05 Å². The lowest BCUT2D eigenvalue weighted by Gasteiger charge is -2.30. The van der Waals surface area contributed by atoms with Crippen molar-refractivity contribution in [2.45, 2.75) is 6.10 Å². The Balaban J connectivity index is 1.73. The number of nitrogens with two attached hydrogens (primary N) is 1. The van der Waals surface area contributed by atoms with Crippen molar-refractivity contribution in [3.8, 4) is 0 Å². The summed E-state index contributed by atoms with van der Waals surface area (Å²) in [6, 6.07) is 6.78. The molecule has 1 atom stereocenters. The molecule has 1 aliphatic heterocycles. The van der Waals surface area contributed by atoms with Gasteiger partial charge in [-0.15, -0.1) is 0 Å².